The minimum atomic E-state index is -0.146. The molecule has 184 valence electrons. The lowest BCUT2D eigenvalue weighted by Gasteiger charge is -2.39. The molecule has 1 aromatic rings. The molecule has 3 fully saturated rings. The molecular weight excluding hydrogens is 438 g/mol. The maximum absolute atomic E-state index is 12.8. The number of ether oxygens (including phenoxy) is 1. The Balaban J connectivity index is 1.17. The number of carbonyl (C=O) groups is 1. The van der Waals surface area contributed by atoms with E-state index in [0.717, 1.165) is 37.8 Å². The predicted molar refractivity (Wildman–Crippen MR) is 134 cm³/mol. The van der Waals surface area contributed by atoms with Crippen LogP contribution in [-0.2, 0) is 0 Å². The number of halogens is 1. The topological polar surface area (TPSA) is 82.9 Å². The summed E-state index contributed by atoms with van der Waals surface area (Å²) in [7, 11) is 1.54. The number of nitrogen functional groups attached to an aromatic ring is 1. The largest absolute Gasteiger partial charge is 0.496 e. The first-order valence-electron chi connectivity index (χ1n) is 12.6. The Labute approximate surface area is 203 Å². The third-order valence-electron chi connectivity index (χ3n) is 7.63. The summed E-state index contributed by atoms with van der Waals surface area (Å²) >= 11 is 6.13. The SMILES string of the molecule is COc1cc(N)c(Cl)cc1C(=O)NC1CCN(CC2CCN(CC3CCCNC3)CC2)CC1. The van der Waals surface area contributed by atoms with Crippen molar-refractivity contribution in [2.45, 2.75) is 44.6 Å². The minimum Gasteiger partial charge on any atom is -0.496 e. The number of hydrogen-bond donors (Lipinski definition) is 3. The van der Waals surface area contributed by atoms with Gasteiger partial charge in [0.25, 0.3) is 5.91 Å². The fourth-order valence-electron chi connectivity index (χ4n) is 5.60. The molecular formula is C25H40ClN5O2. The third-order valence-corrected chi connectivity index (χ3v) is 7.95. The average molecular weight is 478 g/mol. The number of methoxy groups -OCH3 is 1. The highest BCUT2D eigenvalue weighted by atomic mass is 35.5. The summed E-state index contributed by atoms with van der Waals surface area (Å²) in [6.45, 7) is 9.44. The van der Waals surface area contributed by atoms with E-state index >= 15 is 0 Å². The van der Waals surface area contributed by atoms with Crippen LogP contribution in [0.25, 0.3) is 0 Å². The second kappa shape index (κ2) is 11.7. The summed E-state index contributed by atoms with van der Waals surface area (Å²) < 4.78 is 5.33. The molecule has 1 amide bonds. The quantitative estimate of drug-likeness (QED) is 0.524. The number of nitrogens with one attached hydrogen (secondary N) is 2. The summed E-state index contributed by atoms with van der Waals surface area (Å²) in [6, 6.07) is 3.38. The molecule has 7 nitrogen and oxygen atoms in total. The monoisotopic (exact) mass is 477 g/mol. The number of amides is 1. The maximum Gasteiger partial charge on any atom is 0.255 e. The van der Waals surface area contributed by atoms with E-state index in [1.54, 1.807) is 12.1 Å². The molecule has 3 aliphatic heterocycles. The first-order valence-corrected chi connectivity index (χ1v) is 13.0. The van der Waals surface area contributed by atoms with Crippen molar-refractivity contribution in [3.63, 3.8) is 0 Å². The van der Waals surface area contributed by atoms with Crippen molar-refractivity contribution in [3.8, 4) is 5.75 Å². The standard InChI is InChI=1S/C25H40ClN5O2/c1-33-24-14-23(27)22(26)13-21(24)25(32)29-20-6-11-31(12-7-20)16-18-4-9-30(10-5-18)17-19-3-2-8-28-15-19/h13-14,18-20,28H,2-12,15-17,27H2,1H3,(H,29,32). The highest BCUT2D eigenvalue weighted by Gasteiger charge is 2.27. The second-order valence-corrected chi connectivity index (χ2v) is 10.5. The van der Waals surface area contributed by atoms with Crippen molar-refractivity contribution in [2.24, 2.45) is 11.8 Å². The molecule has 0 bridgehead atoms. The molecule has 0 spiro atoms. The molecule has 8 heteroatoms. The number of likely N-dealkylation sites (tertiary alicyclic amines) is 2. The molecule has 0 aromatic heterocycles. The maximum atomic E-state index is 12.8. The van der Waals surface area contributed by atoms with Crippen LogP contribution in [-0.4, -0.2) is 81.2 Å². The Morgan fingerprint density at radius 1 is 1.09 bits per heavy atom. The van der Waals surface area contributed by atoms with E-state index in [1.807, 2.05) is 0 Å². The van der Waals surface area contributed by atoms with Gasteiger partial charge in [-0.1, -0.05) is 11.6 Å². The zero-order valence-corrected chi connectivity index (χ0v) is 20.7. The Morgan fingerprint density at radius 3 is 2.39 bits per heavy atom. The van der Waals surface area contributed by atoms with Gasteiger partial charge in [-0.25, -0.2) is 0 Å². The van der Waals surface area contributed by atoms with Crippen molar-refractivity contribution < 1.29 is 9.53 Å². The molecule has 4 rings (SSSR count). The fraction of sp³-hybridized carbons (Fsp3) is 0.720. The van der Waals surface area contributed by atoms with E-state index < -0.39 is 0 Å². The van der Waals surface area contributed by atoms with Gasteiger partial charge in [0.15, 0.2) is 0 Å². The van der Waals surface area contributed by atoms with Crippen molar-refractivity contribution in [1.82, 2.24) is 20.4 Å². The van der Waals surface area contributed by atoms with Crippen molar-refractivity contribution >= 4 is 23.2 Å². The molecule has 4 N–H and O–H groups in total. The lowest BCUT2D eigenvalue weighted by molar-refractivity contribution is 0.0880. The molecule has 33 heavy (non-hydrogen) atoms. The van der Waals surface area contributed by atoms with E-state index in [0.29, 0.717) is 22.0 Å². The van der Waals surface area contributed by atoms with E-state index in [9.17, 15) is 4.79 Å². The number of nitrogens with two attached hydrogens (primary N) is 1. The second-order valence-electron chi connectivity index (χ2n) is 10.1. The van der Waals surface area contributed by atoms with Crippen LogP contribution in [0.2, 0.25) is 5.02 Å². The fourth-order valence-corrected chi connectivity index (χ4v) is 5.76. The average Bonchev–Trinajstić information content (AvgIpc) is 2.83. The van der Waals surface area contributed by atoms with Gasteiger partial charge in [0, 0.05) is 38.3 Å². The Kier molecular flexibility index (Phi) is 8.74. The summed E-state index contributed by atoms with van der Waals surface area (Å²) in [5.74, 6) is 1.96. The molecule has 0 aliphatic carbocycles. The van der Waals surface area contributed by atoms with Crippen LogP contribution in [0.1, 0.15) is 48.9 Å². The van der Waals surface area contributed by atoms with E-state index in [4.69, 9.17) is 22.1 Å². The van der Waals surface area contributed by atoms with Gasteiger partial charge in [0.1, 0.15) is 5.75 Å². The summed E-state index contributed by atoms with van der Waals surface area (Å²) in [5.41, 5.74) is 6.69. The Hall–Kier alpha value is -1.54. The number of hydrogen-bond acceptors (Lipinski definition) is 6. The smallest absolute Gasteiger partial charge is 0.255 e. The number of carbonyl (C=O) groups excluding carboxylic acids is 1. The molecule has 0 radical (unpaired) electrons. The highest BCUT2D eigenvalue weighted by molar-refractivity contribution is 6.33. The van der Waals surface area contributed by atoms with Crippen molar-refractivity contribution in [3.05, 3.63) is 22.7 Å². The first kappa shape index (κ1) is 24.6. The molecule has 3 saturated heterocycles. The lowest BCUT2D eigenvalue weighted by Crippen LogP contribution is -2.47. The van der Waals surface area contributed by atoms with E-state index in [-0.39, 0.29) is 11.9 Å². The first-order chi connectivity index (χ1) is 16.0. The summed E-state index contributed by atoms with van der Waals surface area (Å²) in [5, 5.41) is 7.09. The highest BCUT2D eigenvalue weighted by Crippen LogP contribution is 2.29. The molecule has 0 saturated carbocycles. The number of piperidine rings is 3. The van der Waals surface area contributed by atoms with Crippen LogP contribution in [0.5, 0.6) is 5.75 Å². The van der Waals surface area contributed by atoms with E-state index in [2.05, 4.69) is 20.4 Å². The van der Waals surface area contributed by atoms with Gasteiger partial charge in [-0.15, -0.1) is 0 Å². The Morgan fingerprint density at radius 2 is 1.76 bits per heavy atom. The van der Waals surface area contributed by atoms with Crippen LogP contribution in [0.15, 0.2) is 12.1 Å². The van der Waals surface area contributed by atoms with E-state index in [1.165, 1.54) is 72.1 Å². The molecule has 3 heterocycles. The number of benzene rings is 1. The van der Waals surface area contributed by atoms with Gasteiger partial charge in [-0.2, -0.15) is 0 Å². The molecule has 1 aromatic carbocycles. The zero-order chi connectivity index (χ0) is 23.2. The zero-order valence-electron chi connectivity index (χ0n) is 20.0. The van der Waals surface area contributed by atoms with Crippen LogP contribution in [0.3, 0.4) is 0 Å². The normalized spacial score (nSPS) is 24.0. The number of anilines is 1. The molecule has 1 unspecified atom stereocenters. The Bertz CT molecular complexity index is 785. The van der Waals surface area contributed by atoms with Gasteiger partial charge in [-0.3, -0.25) is 4.79 Å². The molecule has 1 atom stereocenters. The van der Waals surface area contributed by atoms with Gasteiger partial charge in [-0.05, 0) is 82.6 Å². The van der Waals surface area contributed by atoms with Crippen molar-refractivity contribution in [2.75, 3.05) is 65.2 Å². The summed E-state index contributed by atoms with van der Waals surface area (Å²) in [4.78, 5) is 18.1. The van der Waals surface area contributed by atoms with Crippen LogP contribution >= 0.6 is 11.6 Å². The van der Waals surface area contributed by atoms with Crippen LogP contribution < -0.4 is 21.1 Å². The lowest BCUT2D eigenvalue weighted by atomic mass is 9.93. The summed E-state index contributed by atoms with van der Waals surface area (Å²) in [6.07, 6.45) is 7.30. The van der Waals surface area contributed by atoms with Crippen LogP contribution in [0.4, 0.5) is 5.69 Å². The van der Waals surface area contributed by atoms with Crippen LogP contribution in [0, 0.1) is 11.8 Å². The minimum absolute atomic E-state index is 0.146. The van der Waals surface area contributed by atoms with Crippen molar-refractivity contribution in [1.29, 1.82) is 0 Å². The number of rotatable bonds is 7. The van der Waals surface area contributed by atoms with Gasteiger partial charge >= 0.3 is 0 Å². The van der Waals surface area contributed by atoms with Gasteiger partial charge in [0.2, 0.25) is 0 Å². The molecule has 3 aliphatic rings. The predicted octanol–water partition coefficient (Wildman–Crippen LogP) is 2.84. The third kappa shape index (κ3) is 6.75. The van der Waals surface area contributed by atoms with Gasteiger partial charge < -0.3 is 30.9 Å². The number of nitrogens with zero attached hydrogens (tertiary/aromatic N) is 2. The van der Waals surface area contributed by atoms with Gasteiger partial charge in [0.05, 0.1) is 23.4 Å².